The first-order chi connectivity index (χ1) is 12.6. The zero-order valence-electron chi connectivity index (χ0n) is 15.2. The second-order valence-corrected chi connectivity index (χ2v) is 6.14. The number of rotatable bonds is 7. The van der Waals surface area contributed by atoms with E-state index in [0.29, 0.717) is 13.2 Å². The zero-order chi connectivity index (χ0) is 18.5. The summed E-state index contributed by atoms with van der Waals surface area (Å²) < 4.78 is 16.9. The summed E-state index contributed by atoms with van der Waals surface area (Å²) in [4.78, 5) is 11.3. The van der Waals surface area contributed by atoms with Gasteiger partial charge in [-0.1, -0.05) is 12.1 Å². The van der Waals surface area contributed by atoms with Crippen molar-refractivity contribution in [1.29, 1.82) is 0 Å². The van der Waals surface area contributed by atoms with Gasteiger partial charge < -0.3 is 19.2 Å². The van der Waals surface area contributed by atoms with Gasteiger partial charge in [-0.15, -0.1) is 0 Å². The van der Waals surface area contributed by atoms with Gasteiger partial charge in [0.2, 0.25) is 5.91 Å². The number of nitrogens with one attached hydrogen (secondary N) is 1. The van der Waals surface area contributed by atoms with Crippen molar-refractivity contribution in [2.75, 3.05) is 6.61 Å². The number of furan rings is 1. The normalized spacial score (nSPS) is 12.0. The first kappa shape index (κ1) is 17.9. The van der Waals surface area contributed by atoms with Gasteiger partial charge in [-0.3, -0.25) is 4.79 Å². The van der Waals surface area contributed by atoms with E-state index in [1.807, 2.05) is 56.3 Å². The molecule has 1 N–H and O–H groups in total. The van der Waals surface area contributed by atoms with Gasteiger partial charge in [0, 0.05) is 17.9 Å². The van der Waals surface area contributed by atoms with Crippen molar-refractivity contribution in [3.05, 3.63) is 59.9 Å². The summed E-state index contributed by atoms with van der Waals surface area (Å²) in [6.07, 6.45) is 1.70. The number of ether oxygens (including phenoxy) is 2. The molecule has 5 heteroatoms. The highest BCUT2D eigenvalue weighted by Gasteiger charge is 2.14. The minimum Gasteiger partial charge on any atom is -0.494 e. The average molecular weight is 353 g/mol. The van der Waals surface area contributed by atoms with E-state index in [0.717, 1.165) is 33.6 Å². The minimum atomic E-state index is -0.0975. The summed E-state index contributed by atoms with van der Waals surface area (Å²) in [5.41, 5.74) is 2.76. The van der Waals surface area contributed by atoms with Crippen molar-refractivity contribution in [2.24, 2.45) is 0 Å². The summed E-state index contributed by atoms with van der Waals surface area (Å²) in [6, 6.07) is 13.5. The van der Waals surface area contributed by atoms with E-state index in [2.05, 4.69) is 5.32 Å². The standard InChI is InChI=1S/C21H23NO4/c1-4-24-17-6-8-18(9-7-17)25-12-16-5-10-19-20(13-26-21(19)11-16)14(2)22-15(3)23/h5-11,13-14H,4,12H2,1-3H3,(H,22,23). The molecular weight excluding hydrogens is 330 g/mol. The summed E-state index contributed by atoms with van der Waals surface area (Å²) in [6.45, 7) is 6.49. The Bertz CT molecular complexity index is 883. The maximum absolute atomic E-state index is 11.3. The molecule has 1 unspecified atom stereocenters. The third-order valence-electron chi connectivity index (χ3n) is 4.10. The fourth-order valence-corrected chi connectivity index (χ4v) is 2.87. The van der Waals surface area contributed by atoms with Crippen LogP contribution in [0.2, 0.25) is 0 Å². The van der Waals surface area contributed by atoms with Gasteiger partial charge in [-0.25, -0.2) is 0 Å². The molecule has 0 aliphatic rings. The van der Waals surface area contributed by atoms with Crippen LogP contribution in [0.4, 0.5) is 0 Å². The van der Waals surface area contributed by atoms with Crippen LogP contribution in [0.5, 0.6) is 11.5 Å². The molecule has 0 aliphatic heterocycles. The van der Waals surface area contributed by atoms with Gasteiger partial charge in [0.05, 0.1) is 18.9 Å². The summed E-state index contributed by atoms with van der Waals surface area (Å²) in [5.74, 6) is 1.55. The highest BCUT2D eigenvalue weighted by Crippen LogP contribution is 2.28. The third-order valence-corrected chi connectivity index (χ3v) is 4.10. The maximum atomic E-state index is 11.3. The number of fused-ring (bicyclic) bond motifs is 1. The van der Waals surface area contributed by atoms with Crippen molar-refractivity contribution < 1.29 is 18.7 Å². The second-order valence-electron chi connectivity index (χ2n) is 6.14. The van der Waals surface area contributed by atoms with Gasteiger partial charge in [0.15, 0.2) is 0 Å². The molecular formula is C21H23NO4. The van der Waals surface area contributed by atoms with Crippen LogP contribution < -0.4 is 14.8 Å². The Balaban J connectivity index is 1.68. The molecule has 0 aliphatic carbocycles. The summed E-state index contributed by atoms with van der Waals surface area (Å²) in [5, 5.41) is 3.87. The molecule has 26 heavy (non-hydrogen) atoms. The molecule has 1 heterocycles. The Morgan fingerprint density at radius 3 is 2.46 bits per heavy atom. The predicted molar refractivity (Wildman–Crippen MR) is 100 cm³/mol. The van der Waals surface area contributed by atoms with E-state index in [1.165, 1.54) is 6.92 Å². The van der Waals surface area contributed by atoms with Crippen molar-refractivity contribution in [2.45, 2.75) is 33.4 Å². The minimum absolute atomic E-state index is 0.0628. The Morgan fingerprint density at radius 1 is 1.12 bits per heavy atom. The van der Waals surface area contributed by atoms with E-state index in [9.17, 15) is 4.79 Å². The molecule has 0 bridgehead atoms. The number of benzene rings is 2. The monoisotopic (exact) mass is 353 g/mol. The van der Waals surface area contributed by atoms with Crippen LogP contribution >= 0.6 is 0 Å². The molecule has 0 radical (unpaired) electrons. The molecule has 0 spiro atoms. The molecule has 1 atom stereocenters. The Hall–Kier alpha value is -2.95. The van der Waals surface area contributed by atoms with Crippen LogP contribution in [0.1, 0.15) is 37.9 Å². The highest BCUT2D eigenvalue weighted by atomic mass is 16.5. The molecule has 136 valence electrons. The predicted octanol–water partition coefficient (Wildman–Crippen LogP) is 4.61. The van der Waals surface area contributed by atoms with E-state index in [1.54, 1.807) is 6.26 Å². The quantitative estimate of drug-likeness (QED) is 0.674. The molecule has 1 aromatic heterocycles. The average Bonchev–Trinajstić information content (AvgIpc) is 3.04. The first-order valence-corrected chi connectivity index (χ1v) is 8.69. The molecule has 0 saturated heterocycles. The van der Waals surface area contributed by atoms with Crippen molar-refractivity contribution in [3.8, 4) is 11.5 Å². The maximum Gasteiger partial charge on any atom is 0.217 e. The summed E-state index contributed by atoms with van der Waals surface area (Å²) in [7, 11) is 0. The number of hydrogen-bond acceptors (Lipinski definition) is 4. The van der Waals surface area contributed by atoms with Crippen LogP contribution in [0, 0.1) is 0 Å². The van der Waals surface area contributed by atoms with Gasteiger partial charge >= 0.3 is 0 Å². The zero-order valence-corrected chi connectivity index (χ0v) is 15.2. The Morgan fingerprint density at radius 2 is 1.81 bits per heavy atom. The lowest BCUT2D eigenvalue weighted by Crippen LogP contribution is -2.23. The molecule has 0 saturated carbocycles. The Labute approximate surface area is 152 Å². The lowest BCUT2D eigenvalue weighted by atomic mass is 10.1. The number of hydrogen-bond donors (Lipinski definition) is 1. The van der Waals surface area contributed by atoms with Gasteiger partial charge in [-0.05, 0) is 49.7 Å². The molecule has 3 rings (SSSR count). The lowest BCUT2D eigenvalue weighted by Gasteiger charge is -2.11. The second kappa shape index (κ2) is 7.95. The van der Waals surface area contributed by atoms with Crippen molar-refractivity contribution in [1.82, 2.24) is 5.32 Å². The van der Waals surface area contributed by atoms with Gasteiger partial charge in [0.1, 0.15) is 23.7 Å². The van der Waals surface area contributed by atoms with Gasteiger partial charge in [0.25, 0.3) is 0 Å². The molecule has 5 nitrogen and oxygen atoms in total. The number of amides is 1. The van der Waals surface area contributed by atoms with Crippen molar-refractivity contribution >= 4 is 16.9 Å². The largest absolute Gasteiger partial charge is 0.494 e. The van der Waals surface area contributed by atoms with Crippen LogP contribution in [0.25, 0.3) is 11.0 Å². The molecule has 2 aromatic carbocycles. The van der Waals surface area contributed by atoms with Crippen molar-refractivity contribution in [3.63, 3.8) is 0 Å². The topological polar surface area (TPSA) is 60.7 Å². The van der Waals surface area contributed by atoms with E-state index < -0.39 is 0 Å². The van der Waals surface area contributed by atoms with Crippen LogP contribution in [-0.4, -0.2) is 12.5 Å². The van der Waals surface area contributed by atoms with E-state index in [4.69, 9.17) is 13.9 Å². The van der Waals surface area contributed by atoms with Gasteiger partial charge in [-0.2, -0.15) is 0 Å². The molecule has 0 fully saturated rings. The summed E-state index contributed by atoms with van der Waals surface area (Å²) >= 11 is 0. The fourth-order valence-electron chi connectivity index (χ4n) is 2.87. The Kier molecular flexibility index (Phi) is 5.46. The molecule has 3 aromatic rings. The highest BCUT2D eigenvalue weighted by molar-refractivity contribution is 5.83. The van der Waals surface area contributed by atoms with E-state index >= 15 is 0 Å². The van der Waals surface area contributed by atoms with Crippen LogP contribution in [-0.2, 0) is 11.4 Å². The molecule has 1 amide bonds. The van der Waals surface area contributed by atoms with Crippen LogP contribution in [0.15, 0.2) is 53.1 Å². The lowest BCUT2D eigenvalue weighted by molar-refractivity contribution is -0.119. The first-order valence-electron chi connectivity index (χ1n) is 8.69. The fraction of sp³-hybridized carbons (Fsp3) is 0.286. The SMILES string of the molecule is CCOc1ccc(OCc2ccc3c(C(C)NC(C)=O)coc3c2)cc1. The number of carbonyl (C=O) groups excluding carboxylic acids is 1. The third kappa shape index (κ3) is 4.17. The van der Waals surface area contributed by atoms with Crippen LogP contribution in [0.3, 0.4) is 0 Å². The van der Waals surface area contributed by atoms with E-state index in [-0.39, 0.29) is 11.9 Å². The number of carbonyl (C=O) groups is 1. The smallest absolute Gasteiger partial charge is 0.217 e.